The summed E-state index contributed by atoms with van der Waals surface area (Å²) in [5.74, 6) is 0.589. The lowest BCUT2D eigenvalue weighted by molar-refractivity contribution is -0.361. The third-order valence-corrected chi connectivity index (χ3v) is 6.40. The van der Waals surface area contributed by atoms with E-state index in [1.165, 1.54) is 0 Å². The molecule has 0 aromatic heterocycles. The van der Waals surface area contributed by atoms with E-state index in [2.05, 4.69) is 9.89 Å². The molecule has 2 aromatic carbocycles. The highest BCUT2D eigenvalue weighted by Gasteiger charge is 2.50. The predicted molar refractivity (Wildman–Crippen MR) is 112 cm³/mol. The fourth-order valence-electron chi connectivity index (χ4n) is 4.94. The number of Topliss-reactive ketones (excluding diaryl/α,β-unsaturated/α-hetero) is 2. The van der Waals surface area contributed by atoms with Crippen LogP contribution in [0.15, 0.2) is 65.6 Å². The first-order valence-electron chi connectivity index (χ1n) is 10.4. The molecule has 2 aliphatic heterocycles. The number of benzene rings is 2. The summed E-state index contributed by atoms with van der Waals surface area (Å²) in [7, 11) is 0. The van der Waals surface area contributed by atoms with Crippen molar-refractivity contribution in [2.24, 2.45) is 5.92 Å². The number of nitrogens with one attached hydrogen (secondary N) is 1. The van der Waals surface area contributed by atoms with Gasteiger partial charge in [0, 0.05) is 47.6 Å². The van der Waals surface area contributed by atoms with E-state index in [1.54, 1.807) is 12.1 Å². The van der Waals surface area contributed by atoms with E-state index in [0.717, 1.165) is 48.6 Å². The lowest BCUT2D eigenvalue weighted by Gasteiger charge is -2.33. The number of likely N-dealkylation sites (tertiary alicyclic amines) is 1. The Labute approximate surface area is 174 Å². The van der Waals surface area contributed by atoms with Crippen LogP contribution in [-0.2, 0) is 0 Å². The van der Waals surface area contributed by atoms with Crippen molar-refractivity contribution in [3.05, 3.63) is 82.3 Å². The molecule has 30 heavy (non-hydrogen) atoms. The van der Waals surface area contributed by atoms with Crippen LogP contribution in [-0.4, -0.2) is 35.3 Å². The Morgan fingerprint density at radius 2 is 1.80 bits per heavy atom. The number of ketones is 2. The summed E-state index contributed by atoms with van der Waals surface area (Å²) in [6.07, 6.45) is 4.12. The van der Waals surface area contributed by atoms with Gasteiger partial charge in [-0.15, -0.1) is 0 Å². The lowest BCUT2D eigenvalue weighted by atomic mass is 9.72. The van der Waals surface area contributed by atoms with Crippen LogP contribution in [0.2, 0.25) is 0 Å². The second-order valence-corrected chi connectivity index (χ2v) is 8.31. The number of nitrogens with zero attached hydrogens (tertiary/aromatic N) is 1. The Balaban J connectivity index is 1.61. The van der Waals surface area contributed by atoms with Crippen LogP contribution in [0.1, 0.15) is 39.1 Å². The molecule has 1 unspecified atom stereocenters. The zero-order valence-corrected chi connectivity index (χ0v) is 16.7. The number of carbonyl (C=O) groups is 2. The van der Waals surface area contributed by atoms with Crippen LogP contribution in [0, 0.1) is 12.8 Å². The highest BCUT2D eigenvalue weighted by Crippen LogP contribution is 2.40. The Hall–Kier alpha value is -3.47. The van der Waals surface area contributed by atoms with Crippen LogP contribution < -0.4 is 9.73 Å². The van der Waals surface area contributed by atoms with Crippen LogP contribution in [0.25, 0.3) is 0 Å². The van der Waals surface area contributed by atoms with Gasteiger partial charge in [0.1, 0.15) is 5.92 Å². The largest absolute Gasteiger partial charge is 0.444 e. The van der Waals surface area contributed by atoms with Gasteiger partial charge in [0.2, 0.25) is 11.4 Å². The normalized spacial score (nSPS) is 21.9. The average Bonchev–Trinajstić information content (AvgIpc) is 3.30. The Morgan fingerprint density at radius 1 is 1.03 bits per heavy atom. The minimum Gasteiger partial charge on any atom is -0.444 e. The van der Waals surface area contributed by atoms with Crippen molar-refractivity contribution < 1.29 is 19.3 Å². The molecule has 1 saturated heterocycles. The fraction of sp³-hybridized carbons (Fsp3) is 0.240. The van der Waals surface area contributed by atoms with Crippen molar-refractivity contribution >= 4 is 23.0 Å². The second-order valence-electron chi connectivity index (χ2n) is 8.31. The zero-order chi connectivity index (χ0) is 20.4. The molecule has 1 N–H and O–H groups in total. The minimum atomic E-state index is -0.669. The lowest BCUT2D eigenvalue weighted by Crippen LogP contribution is -2.72. The van der Waals surface area contributed by atoms with E-state index in [-0.39, 0.29) is 11.6 Å². The number of fused-ring (bicyclic) bond motifs is 5. The molecule has 0 spiro atoms. The van der Waals surface area contributed by atoms with Crippen molar-refractivity contribution in [3.63, 3.8) is 0 Å². The van der Waals surface area contributed by atoms with Crippen LogP contribution in [0.5, 0.6) is 5.75 Å². The molecule has 148 valence electrons. The standard InChI is InChI=1S/C25H20N2O3/c1-14-8-9-17-19(12-14)30-20-13-18(27-10-4-5-11-27)21-22(23(20)26-17)25(29)16-7-3-2-6-15(16)24(21)28/h2-3,6-9,12-13,22H,4-5,10-11H2,1H3/p+1. The van der Waals surface area contributed by atoms with Crippen molar-refractivity contribution in [2.45, 2.75) is 19.8 Å². The van der Waals surface area contributed by atoms with Crippen molar-refractivity contribution in [1.82, 2.24) is 4.90 Å². The van der Waals surface area contributed by atoms with E-state index in [1.807, 2.05) is 43.3 Å². The van der Waals surface area contributed by atoms with Gasteiger partial charge in [-0.05, 0) is 31.4 Å². The molecule has 5 nitrogen and oxygen atoms in total. The Kier molecular flexibility index (Phi) is 3.63. The van der Waals surface area contributed by atoms with Crippen LogP contribution >= 0.6 is 0 Å². The van der Waals surface area contributed by atoms with Crippen LogP contribution in [0.3, 0.4) is 0 Å². The van der Waals surface area contributed by atoms with E-state index in [0.29, 0.717) is 28.2 Å². The van der Waals surface area contributed by atoms with E-state index in [4.69, 9.17) is 4.74 Å². The molecular weight excluding hydrogens is 376 g/mol. The first-order valence-corrected chi connectivity index (χ1v) is 10.4. The van der Waals surface area contributed by atoms with Gasteiger partial charge in [0.05, 0.1) is 0 Å². The van der Waals surface area contributed by atoms with Gasteiger partial charge < -0.3 is 9.64 Å². The molecular formula is C25H21N2O3+. The number of aryl methyl sites for hydroxylation is 1. The Morgan fingerprint density at radius 3 is 2.60 bits per heavy atom. The van der Waals surface area contributed by atoms with Gasteiger partial charge in [0.25, 0.3) is 0 Å². The highest BCUT2D eigenvalue weighted by atomic mass is 16.5. The zero-order valence-electron chi connectivity index (χ0n) is 16.7. The number of rotatable bonds is 1. The predicted octanol–water partition coefficient (Wildman–Crippen LogP) is 2.48. The molecule has 5 heteroatoms. The second kappa shape index (κ2) is 6.26. The van der Waals surface area contributed by atoms with Crippen molar-refractivity contribution in [3.8, 4) is 5.75 Å². The summed E-state index contributed by atoms with van der Waals surface area (Å²) < 4.78 is 6.26. The smallest absolute Gasteiger partial charge is 0.246 e. The fourth-order valence-corrected chi connectivity index (χ4v) is 4.94. The van der Waals surface area contributed by atoms with Gasteiger partial charge in [-0.3, -0.25) is 9.59 Å². The van der Waals surface area contributed by atoms with Gasteiger partial charge in [0.15, 0.2) is 23.1 Å². The quantitative estimate of drug-likeness (QED) is 0.803. The number of hydrogen-bond donors (Lipinski definition) is 1. The number of allylic oxidation sites excluding steroid dienone is 3. The topological polar surface area (TPSA) is 60.6 Å². The van der Waals surface area contributed by atoms with Crippen molar-refractivity contribution in [2.75, 3.05) is 13.1 Å². The average molecular weight is 397 g/mol. The van der Waals surface area contributed by atoms with Gasteiger partial charge >= 0.3 is 0 Å². The molecule has 4 aliphatic rings. The molecule has 2 aromatic rings. The molecule has 2 heterocycles. The molecule has 2 aliphatic carbocycles. The summed E-state index contributed by atoms with van der Waals surface area (Å²) in [4.78, 5) is 32.8. The summed E-state index contributed by atoms with van der Waals surface area (Å²) in [5.41, 5.74) is 4.98. The maximum Gasteiger partial charge on any atom is 0.246 e. The van der Waals surface area contributed by atoms with Gasteiger partial charge in [-0.2, -0.15) is 0 Å². The maximum atomic E-state index is 13.6. The first kappa shape index (κ1) is 17.4. The summed E-state index contributed by atoms with van der Waals surface area (Å²) in [6, 6.07) is 13.1. The maximum absolute atomic E-state index is 13.6. The molecule has 1 fully saturated rings. The van der Waals surface area contributed by atoms with E-state index in [9.17, 15) is 9.59 Å². The molecule has 0 radical (unpaired) electrons. The SMILES string of the molecule is Cc1ccc2c(c1)OC1=CC(N3CCCC3)=C3C(=O)c4ccccc4C(=O)C3C1=[NH+]2. The molecule has 1 atom stereocenters. The number of carbonyl (C=O) groups excluding carboxylic acids is 2. The molecule has 0 bridgehead atoms. The van der Waals surface area contributed by atoms with Crippen LogP contribution in [0.4, 0.5) is 5.69 Å². The molecule has 0 amide bonds. The van der Waals surface area contributed by atoms with E-state index >= 15 is 0 Å². The molecule has 0 saturated carbocycles. The number of ether oxygens (including phenoxy) is 1. The minimum absolute atomic E-state index is 0.0517. The van der Waals surface area contributed by atoms with Gasteiger partial charge in [-0.25, -0.2) is 4.99 Å². The monoisotopic (exact) mass is 397 g/mol. The van der Waals surface area contributed by atoms with Crippen molar-refractivity contribution in [1.29, 1.82) is 0 Å². The van der Waals surface area contributed by atoms with E-state index < -0.39 is 5.92 Å². The summed E-state index contributed by atoms with van der Waals surface area (Å²) in [6.45, 7) is 3.79. The highest BCUT2D eigenvalue weighted by molar-refractivity contribution is 6.32. The summed E-state index contributed by atoms with van der Waals surface area (Å²) >= 11 is 0. The third kappa shape index (κ3) is 2.38. The Bertz CT molecular complexity index is 1230. The summed E-state index contributed by atoms with van der Waals surface area (Å²) in [5, 5.41) is 0. The third-order valence-electron chi connectivity index (χ3n) is 6.40. The molecule has 6 rings (SSSR count). The number of hydrogen-bond acceptors (Lipinski definition) is 4. The van der Waals surface area contributed by atoms with Gasteiger partial charge in [-0.1, -0.05) is 30.3 Å². The first-order chi connectivity index (χ1) is 14.6.